The maximum absolute atomic E-state index is 9.41. The Bertz CT molecular complexity index is 226. The van der Waals surface area contributed by atoms with Crippen molar-refractivity contribution in [1.82, 2.24) is 0 Å². The van der Waals surface area contributed by atoms with Gasteiger partial charge in [-0.3, -0.25) is 0 Å². The Hall–Kier alpha value is -0.0900. The summed E-state index contributed by atoms with van der Waals surface area (Å²) >= 11 is 7.13. The average molecular weight is 192 g/mol. The molecule has 0 spiro atoms. The minimum atomic E-state index is -0.447. The van der Waals surface area contributed by atoms with Crippen molar-refractivity contribution in [3.05, 3.63) is 21.3 Å². The minimum Gasteiger partial charge on any atom is -0.388 e. The zero-order chi connectivity index (χ0) is 8.27. The lowest BCUT2D eigenvalue weighted by molar-refractivity contribution is 0.174. The van der Waals surface area contributed by atoms with E-state index in [1.165, 1.54) is 11.3 Å². The summed E-state index contributed by atoms with van der Waals surface area (Å²) in [5, 5.41) is 11.9. The summed E-state index contributed by atoms with van der Waals surface area (Å²) in [6, 6.07) is 1.77. The largest absolute Gasteiger partial charge is 0.388 e. The molecule has 0 aliphatic rings. The SMILES string of the molecule is NCC[C@@H](O)c1cc(Cl)cs1. The van der Waals surface area contributed by atoms with Gasteiger partial charge in [-0.15, -0.1) is 11.3 Å². The van der Waals surface area contributed by atoms with Crippen LogP contribution in [-0.4, -0.2) is 11.7 Å². The van der Waals surface area contributed by atoms with E-state index in [2.05, 4.69) is 0 Å². The molecule has 0 saturated heterocycles. The van der Waals surface area contributed by atoms with Gasteiger partial charge in [0.05, 0.1) is 11.1 Å². The van der Waals surface area contributed by atoms with Gasteiger partial charge in [0.1, 0.15) is 0 Å². The number of hydrogen-bond donors (Lipinski definition) is 2. The van der Waals surface area contributed by atoms with Gasteiger partial charge in [-0.25, -0.2) is 0 Å². The van der Waals surface area contributed by atoms with E-state index in [0.29, 0.717) is 18.0 Å². The predicted molar refractivity (Wildman–Crippen MR) is 48.0 cm³/mol. The first-order valence-electron chi connectivity index (χ1n) is 3.36. The second-order valence-electron chi connectivity index (χ2n) is 2.26. The van der Waals surface area contributed by atoms with Gasteiger partial charge in [0.25, 0.3) is 0 Å². The summed E-state index contributed by atoms with van der Waals surface area (Å²) in [4.78, 5) is 0.889. The minimum absolute atomic E-state index is 0.447. The molecule has 1 rings (SSSR count). The van der Waals surface area contributed by atoms with Gasteiger partial charge in [-0.1, -0.05) is 11.6 Å². The second-order valence-corrected chi connectivity index (χ2v) is 3.64. The van der Waals surface area contributed by atoms with E-state index in [4.69, 9.17) is 17.3 Å². The molecule has 1 aromatic rings. The van der Waals surface area contributed by atoms with E-state index >= 15 is 0 Å². The van der Waals surface area contributed by atoms with Crippen LogP contribution in [0.2, 0.25) is 5.02 Å². The highest BCUT2D eigenvalue weighted by molar-refractivity contribution is 7.10. The third kappa shape index (κ3) is 2.45. The van der Waals surface area contributed by atoms with Gasteiger partial charge in [-0.2, -0.15) is 0 Å². The van der Waals surface area contributed by atoms with Crippen LogP contribution in [0.25, 0.3) is 0 Å². The van der Waals surface area contributed by atoms with E-state index in [1.807, 2.05) is 0 Å². The zero-order valence-electron chi connectivity index (χ0n) is 5.96. The van der Waals surface area contributed by atoms with Crippen molar-refractivity contribution in [3.8, 4) is 0 Å². The van der Waals surface area contributed by atoms with Crippen LogP contribution in [0.15, 0.2) is 11.4 Å². The van der Waals surface area contributed by atoms with Gasteiger partial charge >= 0.3 is 0 Å². The molecule has 0 aliphatic heterocycles. The molecule has 2 nitrogen and oxygen atoms in total. The second kappa shape index (κ2) is 4.07. The Labute approximate surface area is 74.6 Å². The first-order chi connectivity index (χ1) is 5.24. The van der Waals surface area contributed by atoms with Crippen molar-refractivity contribution in [1.29, 1.82) is 0 Å². The van der Waals surface area contributed by atoms with Gasteiger partial charge in [0.15, 0.2) is 0 Å². The molecule has 1 heterocycles. The Balaban J connectivity index is 2.60. The Kier molecular flexibility index (Phi) is 3.33. The third-order valence-electron chi connectivity index (χ3n) is 1.36. The number of thiophene rings is 1. The monoisotopic (exact) mass is 191 g/mol. The summed E-state index contributed by atoms with van der Waals surface area (Å²) in [6.07, 6.45) is 0.147. The van der Waals surface area contributed by atoms with E-state index in [1.54, 1.807) is 11.4 Å². The predicted octanol–water partition coefficient (Wildman–Crippen LogP) is 1.78. The molecule has 0 amide bonds. The van der Waals surface area contributed by atoms with Crippen molar-refractivity contribution < 1.29 is 5.11 Å². The molecule has 4 heteroatoms. The molecular weight excluding hydrogens is 182 g/mol. The van der Waals surface area contributed by atoms with Gasteiger partial charge in [0.2, 0.25) is 0 Å². The fraction of sp³-hybridized carbons (Fsp3) is 0.429. The van der Waals surface area contributed by atoms with Gasteiger partial charge in [0, 0.05) is 10.3 Å². The number of halogens is 1. The average Bonchev–Trinajstić information content (AvgIpc) is 2.36. The third-order valence-corrected chi connectivity index (χ3v) is 2.74. The van der Waals surface area contributed by atoms with Gasteiger partial charge < -0.3 is 10.8 Å². The summed E-state index contributed by atoms with van der Waals surface area (Å²) in [5.41, 5.74) is 5.29. The molecule has 0 aliphatic carbocycles. The van der Waals surface area contributed by atoms with Crippen LogP contribution in [0.5, 0.6) is 0 Å². The van der Waals surface area contributed by atoms with E-state index in [0.717, 1.165) is 4.88 Å². The zero-order valence-corrected chi connectivity index (χ0v) is 7.53. The molecule has 1 atom stereocenters. The van der Waals surface area contributed by atoms with Crippen molar-refractivity contribution >= 4 is 22.9 Å². The molecule has 0 bridgehead atoms. The molecular formula is C7H10ClNOS. The van der Waals surface area contributed by atoms with Gasteiger partial charge in [-0.05, 0) is 19.0 Å². The highest BCUT2D eigenvalue weighted by atomic mass is 35.5. The van der Waals surface area contributed by atoms with Crippen LogP contribution >= 0.6 is 22.9 Å². The summed E-state index contributed by atoms with van der Waals surface area (Å²) in [6.45, 7) is 0.497. The molecule has 0 aromatic carbocycles. The Morgan fingerprint density at radius 1 is 1.73 bits per heavy atom. The summed E-state index contributed by atoms with van der Waals surface area (Å²) < 4.78 is 0. The molecule has 62 valence electrons. The smallest absolute Gasteiger partial charge is 0.0894 e. The fourth-order valence-electron chi connectivity index (χ4n) is 0.803. The number of aliphatic hydroxyl groups excluding tert-OH is 1. The Morgan fingerprint density at radius 2 is 2.45 bits per heavy atom. The van der Waals surface area contributed by atoms with Crippen LogP contribution in [0, 0.1) is 0 Å². The van der Waals surface area contributed by atoms with Crippen molar-refractivity contribution in [2.24, 2.45) is 5.73 Å². The van der Waals surface area contributed by atoms with E-state index in [9.17, 15) is 5.11 Å². The maximum atomic E-state index is 9.41. The normalized spacial score (nSPS) is 13.4. The summed E-state index contributed by atoms with van der Waals surface area (Å²) in [7, 11) is 0. The number of nitrogens with two attached hydrogens (primary N) is 1. The molecule has 0 saturated carbocycles. The van der Waals surface area contributed by atoms with Crippen LogP contribution in [-0.2, 0) is 0 Å². The fourth-order valence-corrected chi connectivity index (χ4v) is 1.91. The van der Waals surface area contributed by atoms with Crippen molar-refractivity contribution in [2.45, 2.75) is 12.5 Å². The molecule has 0 radical (unpaired) electrons. The molecule has 11 heavy (non-hydrogen) atoms. The Morgan fingerprint density at radius 3 is 2.91 bits per heavy atom. The molecule has 1 aromatic heterocycles. The van der Waals surface area contributed by atoms with Crippen molar-refractivity contribution in [2.75, 3.05) is 6.54 Å². The first kappa shape index (κ1) is 9.00. The maximum Gasteiger partial charge on any atom is 0.0894 e. The molecule has 0 unspecified atom stereocenters. The highest BCUT2D eigenvalue weighted by Gasteiger charge is 2.07. The topological polar surface area (TPSA) is 46.2 Å². The lowest BCUT2D eigenvalue weighted by Crippen LogP contribution is -2.05. The van der Waals surface area contributed by atoms with E-state index in [-0.39, 0.29) is 0 Å². The lowest BCUT2D eigenvalue weighted by atomic mass is 10.2. The van der Waals surface area contributed by atoms with Crippen LogP contribution in [0.4, 0.5) is 0 Å². The highest BCUT2D eigenvalue weighted by Crippen LogP contribution is 2.26. The standard InChI is InChI=1S/C7H10ClNOS/c8-5-3-7(11-4-5)6(10)1-2-9/h3-4,6,10H,1-2,9H2/t6-/m1/s1. The first-order valence-corrected chi connectivity index (χ1v) is 4.62. The van der Waals surface area contributed by atoms with Crippen molar-refractivity contribution in [3.63, 3.8) is 0 Å². The quantitative estimate of drug-likeness (QED) is 0.765. The van der Waals surface area contributed by atoms with Crippen LogP contribution in [0.3, 0.4) is 0 Å². The number of rotatable bonds is 3. The molecule has 3 N–H and O–H groups in total. The summed E-state index contributed by atoms with van der Waals surface area (Å²) in [5.74, 6) is 0. The number of aliphatic hydroxyl groups is 1. The van der Waals surface area contributed by atoms with E-state index < -0.39 is 6.10 Å². The number of hydrogen-bond acceptors (Lipinski definition) is 3. The van der Waals surface area contributed by atoms with Crippen LogP contribution < -0.4 is 5.73 Å². The lowest BCUT2D eigenvalue weighted by Gasteiger charge is -2.04. The molecule has 0 fully saturated rings. The van der Waals surface area contributed by atoms with Crippen LogP contribution in [0.1, 0.15) is 17.4 Å².